The monoisotopic (exact) mass is 433 g/mol. The van der Waals surface area contributed by atoms with Crippen LogP contribution in [0.5, 0.6) is 0 Å². The quantitative estimate of drug-likeness (QED) is 0.359. The fraction of sp³-hybridized carbons (Fsp3) is 0.217. The van der Waals surface area contributed by atoms with Gasteiger partial charge in [-0.05, 0) is 67.9 Å². The maximum atomic E-state index is 13.2. The lowest BCUT2D eigenvalue weighted by Crippen LogP contribution is -2.26. The van der Waals surface area contributed by atoms with Gasteiger partial charge in [-0.15, -0.1) is 0 Å². The molecule has 2 aromatic heterocycles. The highest BCUT2D eigenvalue weighted by molar-refractivity contribution is 7.71. The van der Waals surface area contributed by atoms with Gasteiger partial charge in [-0.1, -0.05) is 12.1 Å². The Morgan fingerprint density at radius 3 is 2.84 bits per heavy atom. The van der Waals surface area contributed by atoms with Gasteiger partial charge >= 0.3 is 0 Å². The van der Waals surface area contributed by atoms with Crippen LogP contribution >= 0.6 is 12.2 Å². The van der Waals surface area contributed by atoms with Crippen LogP contribution in [0.15, 0.2) is 59.9 Å². The average Bonchev–Trinajstić information content (AvgIpc) is 3.27. The molecule has 158 valence electrons. The summed E-state index contributed by atoms with van der Waals surface area (Å²) in [7, 11) is 0. The fourth-order valence-corrected chi connectivity index (χ4v) is 3.83. The average molecular weight is 434 g/mol. The summed E-state index contributed by atoms with van der Waals surface area (Å²) in [5.74, 6) is -0.189. The second-order valence-corrected chi connectivity index (χ2v) is 7.85. The Hall–Kier alpha value is -3.52. The minimum absolute atomic E-state index is 0.189. The second kappa shape index (κ2) is 8.69. The van der Waals surface area contributed by atoms with Gasteiger partial charge in [0.1, 0.15) is 0 Å². The van der Waals surface area contributed by atoms with Gasteiger partial charge in [0.2, 0.25) is 0 Å². The number of hydrogen-bond acceptors (Lipinski definition) is 4. The normalized spacial score (nSPS) is 11.0. The minimum atomic E-state index is -0.209. The number of fused-ring (bicyclic) bond motifs is 1. The van der Waals surface area contributed by atoms with E-state index in [9.17, 15) is 9.59 Å². The largest absolute Gasteiger partial charge is 0.352 e. The van der Waals surface area contributed by atoms with Crippen molar-refractivity contribution in [3.05, 3.63) is 86.9 Å². The summed E-state index contributed by atoms with van der Waals surface area (Å²) >= 11 is 5.49. The highest BCUT2D eigenvalue weighted by Crippen LogP contribution is 2.18. The molecule has 0 bridgehead atoms. The first kappa shape index (κ1) is 20.7. The number of aryl methyl sites for hydroxylation is 2. The highest BCUT2D eigenvalue weighted by Gasteiger charge is 2.13. The molecule has 0 fully saturated rings. The molecular weight excluding hydrogens is 410 g/mol. The molecule has 1 amide bonds. The summed E-state index contributed by atoms with van der Waals surface area (Å²) in [6.07, 6.45) is 6.15. The lowest BCUT2D eigenvalue weighted by atomic mass is 10.1. The van der Waals surface area contributed by atoms with E-state index in [-0.39, 0.29) is 11.5 Å². The summed E-state index contributed by atoms with van der Waals surface area (Å²) in [6.45, 7) is 5.29. The number of hydrogen-bond donors (Lipinski definition) is 2. The maximum absolute atomic E-state index is 13.2. The van der Waals surface area contributed by atoms with Crippen LogP contribution in [-0.4, -0.2) is 31.6 Å². The summed E-state index contributed by atoms with van der Waals surface area (Å²) in [4.78, 5) is 32.8. The smallest absolute Gasteiger partial charge is 0.266 e. The molecule has 0 unspecified atom stereocenters. The molecule has 8 heteroatoms. The van der Waals surface area contributed by atoms with Gasteiger partial charge < -0.3 is 14.9 Å². The number of aromatic amines is 1. The first-order valence-electron chi connectivity index (χ1n) is 10.1. The Bertz CT molecular complexity index is 1370. The standard InChI is InChI=1S/C23H23N5O2S/c1-15-5-3-6-20(16(15)2)28-22(30)18-8-7-17(13-19(18)26-23(28)31)21(29)25-9-4-11-27-12-10-24-14-27/h3,5-8,10,12-14H,4,9,11H2,1-2H3,(H,25,29)(H,26,31). The minimum Gasteiger partial charge on any atom is -0.352 e. The van der Waals surface area contributed by atoms with Gasteiger partial charge in [0.25, 0.3) is 11.5 Å². The van der Waals surface area contributed by atoms with Gasteiger partial charge in [0, 0.05) is 31.0 Å². The first-order chi connectivity index (χ1) is 15.0. The molecule has 4 aromatic rings. The lowest BCUT2D eigenvalue weighted by Gasteiger charge is -2.13. The molecule has 2 N–H and O–H groups in total. The number of benzene rings is 2. The van der Waals surface area contributed by atoms with E-state index in [0.717, 1.165) is 29.8 Å². The summed E-state index contributed by atoms with van der Waals surface area (Å²) in [5.41, 5.74) is 3.65. The lowest BCUT2D eigenvalue weighted by molar-refractivity contribution is 0.0953. The highest BCUT2D eigenvalue weighted by atomic mass is 32.1. The van der Waals surface area contributed by atoms with E-state index in [1.165, 1.54) is 4.57 Å². The van der Waals surface area contributed by atoms with Crippen molar-refractivity contribution in [2.24, 2.45) is 0 Å². The summed E-state index contributed by atoms with van der Waals surface area (Å²) in [5, 5.41) is 3.39. The van der Waals surface area contributed by atoms with Crippen molar-refractivity contribution < 1.29 is 4.79 Å². The number of rotatable bonds is 6. The van der Waals surface area contributed by atoms with Crippen LogP contribution < -0.4 is 10.9 Å². The molecule has 2 aromatic carbocycles. The van der Waals surface area contributed by atoms with Crippen LogP contribution in [0.4, 0.5) is 0 Å². The molecular formula is C23H23N5O2S. The SMILES string of the molecule is Cc1cccc(-n2c(=S)[nH]c3cc(C(=O)NCCCn4ccnc4)ccc3c2=O)c1C. The van der Waals surface area contributed by atoms with Crippen LogP contribution in [0.25, 0.3) is 16.6 Å². The second-order valence-electron chi connectivity index (χ2n) is 7.46. The van der Waals surface area contributed by atoms with Gasteiger partial charge in [-0.25, -0.2) is 4.98 Å². The zero-order valence-corrected chi connectivity index (χ0v) is 18.2. The van der Waals surface area contributed by atoms with Crippen LogP contribution in [0.1, 0.15) is 27.9 Å². The molecule has 0 atom stereocenters. The number of carbonyl (C=O) groups excluding carboxylic acids is 1. The summed E-state index contributed by atoms with van der Waals surface area (Å²) < 4.78 is 3.77. The number of H-pyrrole nitrogens is 1. The first-order valence-corrected chi connectivity index (χ1v) is 10.5. The van der Waals surface area contributed by atoms with Crippen LogP contribution in [0.3, 0.4) is 0 Å². The summed E-state index contributed by atoms with van der Waals surface area (Å²) in [6, 6.07) is 10.8. The number of imidazole rings is 1. The van der Waals surface area contributed by atoms with Gasteiger partial charge in [0.05, 0.1) is 22.9 Å². The van der Waals surface area contributed by atoms with Crippen molar-refractivity contribution in [1.82, 2.24) is 24.4 Å². The number of aromatic nitrogens is 4. The van der Waals surface area contributed by atoms with Crippen molar-refractivity contribution in [3.8, 4) is 5.69 Å². The third-order valence-electron chi connectivity index (χ3n) is 5.41. The predicted molar refractivity (Wildman–Crippen MR) is 123 cm³/mol. The van der Waals surface area contributed by atoms with Gasteiger partial charge in [-0.2, -0.15) is 0 Å². The molecule has 0 radical (unpaired) electrons. The number of nitrogens with zero attached hydrogens (tertiary/aromatic N) is 3. The molecule has 0 saturated heterocycles. The topological polar surface area (TPSA) is 84.7 Å². The molecule has 0 aliphatic rings. The molecule has 0 spiro atoms. The third kappa shape index (κ3) is 4.20. The van der Waals surface area contributed by atoms with E-state index in [4.69, 9.17) is 12.2 Å². The zero-order chi connectivity index (χ0) is 22.0. The van der Waals surface area contributed by atoms with Crippen molar-refractivity contribution in [3.63, 3.8) is 0 Å². The molecule has 2 heterocycles. The van der Waals surface area contributed by atoms with E-state index < -0.39 is 0 Å². The maximum Gasteiger partial charge on any atom is 0.266 e. The number of carbonyl (C=O) groups is 1. The molecule has 31 heavy (non-hydrogen) atoms. The van der Waals surface area contributed by atoms with Crippen molar-refractivity contribution in [2.45, 2.75) is 26.8 Å². The number of nitrogens with one attached hydrogen (secondary N) is 2. The Kier molecular flexibility index (Phi) is 5.81. The van der Waals surface area contributed by atoms with Crippen molar-refractivity contribution in [2.75, 3.05) is 6.54 Å². The Labute approximate surface area is 184 Å². The van der Waals surface area contributed by atoms with Gasteiger partial charge in [-0.3, -0.25) is 14.2 Å². The van der Waals surface area contributed by atoms with E-state index in [0.29, 0.717) is 27.8 Å². The van der Waals surface area contributed by atoms with E-state index in [1.807, 2.05) is 42.8 Å². The molecule has 4 rings (SSSR count). The van der Waals surface area contributed by atoms with E-state index in [2.05, 4.69) is 15.3 Å². The fourth-order valence-electron chi connectivity index (χ4n) is 3.54. The van der Waals surface area contributed by atoms with Crippen LogP contribution in [-0.2, 0) is 6.54 Å². The van der Waals surface area contributed by atoms with E-state index in [1.54, 1.807) is 30.7 Å². The van der Waals surface area contributed by atoms with Crippen molar-refractivity contribution in [1.29, 1.82) is 0 Å². The zero-order valence-electron chi connectivity index (χ0n) is 17.4. The Morgan fingerprint density at radius 1 is 1.23 bits per heavy atom. The molecule has 7 nitrogen and oxygen atoms in total. The van der Waals surface area contributed by atoms with Crippen LogP contribution in [0, 0.1) is 18.6 Å². The Balaban J connectivity index is 1.58. The van der Waals surface area contributed by atoms with E-state index >= 15 is 0 Å². The molecule has 0 aliphatic carbocycles. The third-order valence-corrected chi connectivity index (χ3v) is 5.70. The van der Waals surface area contributed by atoms with Crippen molar-refractivity contribution >= 4 is 29.0 Å². The Morgan fingerprint density at radius 2 is 2.06 bits per heavy atom. The van der Waals surface area contributed by atoms with Crippen LogP contribution in [0.2, 0.25) is 0 Å². The molecule has 0 saturated carbocycles. The predicted octanol–water partition coefficient (Wildman–Crippen LogP) is 3.68. The van der Waals surface area contributed by atoms with Gasteiger partial charge in [0.15, 0.2) is 4.77 Å². The number of amides is 1. The molecule has 0 aliphatic heterocycles.